The summed E-state index contributed by atoms with van der Waals surface area (Å²) < 4.78 is 0. The van der Waals surface area contributed by atoms with Gasteiger partial charge in [-0.2, -0.15) is 0 Å². The van der Waals surface area contributed by atoms with Gasteiger partial charge >= 0.3 is 0 Å². The van der Waals surface area contributed by atoms with Crippen molar-refractivity contribution in [1.29, 1.82) is 0 Å². The molecular weight excluding hydrogens is 226 g/mol. The van der Waals surface area contributed by atoms with Gasteiger partial charge in [-0.25, -0.2) is 4.98 Å². The maximum absolute atomic E-state index is 9.02. The quantitative estimate of drug-likeness (QED) is 0.705. The average molecular weight is 247 g/mol. The van der Waals surface area contributed by atoms with E-state index in [-0.39, 0.29) is 6.61 Å². The fraction of sp³-hybridized carbons (Fsp3) is 0.500. The number of aliphatic hydroxyl groups excluding tert-OH is 1. The summed E-state index contributed by atoms with van der Waals surface area (Å²) in [6, 6.07) is 7.99. The van der Waals surface area contributed by atoms with Gasteiger partial charge in [-0.05, 0) is 30.9 Å². The molecule has 1 unspecified atom stereocenters. The maximum atomic E-state index is 9.02. The van der Waals surface area contributed by atoms with Crippen molar-refractivity contribution >= 4 is 17.0 Å². The second-order valence-electron chi connectivity index (χ2n) is 4.65. The number of aliphatic hydroxyl groups is 1. The molecule has 0 fully saturated rings. The number of fused-ring (bicyclic) bond motifs is 1. The largest absolute Gasteiger partial charge is 0.396 e. The summed E-state index contributed by atoms with van der Waals surface area (Å²) in [5, 5.41) is 12.3. The fourth-order valence-corrected chi connectivity index (χ4v) is 2.22. The molecular formula is C14H21N3O. The minimum Gasteiger partial charge on any atom is -0.396 e. The van der Waals surface area contributed by atoms with E-state index in [0.29, 0.717) is 5.92 Å². The third-order valence-electron chi connectivity index (χ3n) is 3.18. The van der Waals surface area contributed by atoms with E-state index < -0.39 is 0 Å². The number of H-pyrrole nitrogens is 1. The van der Waals surface area contributed by atoms with Gasteiger partial charge in [0.25, 0.3) is 0 Å². The molecule has 0 amide bonds. The van der Waals surface area contributed by atoms with Crippen molar-refractivity contribution in [2.75, 3.05) is 18.5 Å². The number of benzene rings is 1. The summed E-state index contributed by atoms with van der Waals surface area (Å²) in [5.41, 5.74) is 2.03. The summed E-state index contributed by atoms with van der Waals surface area (Å²) in [7, 11) is 0. The molecule has 2 aromatic rings. The zero-order chi connectivity index (χ0) is 12.8. The Morgan fingerprint density at radius 3 is 2.89 bits per heavy atom. The van der Waals surface area contributed by atoms with Crippen LogP contribution in [0.15, 0.2) is 24.3 Å². The number of nitrogens with zero attached hydrogens (tertiary/aromatic N) is 1. The second-order valence-corrected chi connectivity index (χ2v) is 4.65. The highest BCUT2D eigenvalue weighted by Crippen LogP contribution is 2.15. The normalized spacial score (nSPS) is 12.8. The molecule has 4 nitrogen and oxygen atoms in total. The Morgan fingerprint density at radius 2 is 2.17 bits per heavy atom. The van der Waals surface area contributed by atoms with E-state index in [9.17, 15) is 0 Å². The van der Waals surface area contributed by atoms with Gasteiger partial charge in [-0.3, -0.25) is 0 Å². The van der Waals surface area contributed by atoms with Crippen LogP contribution in [-0.4, -0.2) is 28.2 Å². The first kappa shape index (κ1) is 12.9. The van der Waals surface area contributed by atoms with Crippen LogP contribution in [0, 0.1) is 5.92 Å². The van der Waals surface area contributed by atoms with Crippen molar-refractivity contribution in [2.45, 2.75) is 26.2 Å². The van der Waals surface area contributed by atoms with E-state index >= 15 is 0 Å². The standard InChI is InChI=1S/C14H21N3O/c1-2-5-11(8-9-18)10-15-14-16-12-6-3-4-7-13(12)17-14/h3-4,6-7,11,18H,2,5,8-10H2,1H3,(H2,15,16,17). The van der Waals surface area contributed by atoms with E-state index in [1.165, 1.54) is 0 Å². The molecule has 0 aliphatic carbocycles. The van der Waals surface area contributed by atoms with Crippen molar-refractivity contribution in [2.24, 2.45) is 5.92 Å². The number of aromatic nitrogens is 2. The predicted octanol–water partition coefficient (Wildman–Crippen LogP) is 2.77. The molecule has 0 bridgehead atoms. The van der Waals surface area contributed by atoms with Crippen LogP contribution in [0.25, 0.3) is 11.0 Å². The first-order valence-corrected chi connectivity index (χ1v) is 6.63. The minimum absolute atomic E-state index is 0.256. The van der Waals surface area contributed by atoms with Gasteiger partial charge in [0.05, 0.1) is 11.0 Å². The molecule has 0 spiro atoms. The van der Waals surface area contributed by atoms with Crippen LogP contribution in [0.5, 0.6) is 0 Å². The lowest BCUT2D eigenvalue weighted by molar-refractivity contribution is 0.255. The monoisotopic (exact) mass is 247 g/mol. The van der Waals surface area contributed by atoms with E-state index in [2.05, 4.69) is 22.2 Å². The number of hydrogen-bond acceptors (Lipinski definition) is 3. The highest BCUT2D eigenvalue weighted by atomic mass is 16.3. The number of rotatable bonds is 7. The molecule has 0 aliphatic heterocycles. The van der Waals surface area contributed by atoms with E-state index in [0.717, 1.165) is 42.8 Å². The number of aromatic amines is 1. The molecule has 1 aromatic carbocycles. The first-order chi connectivity index (χ1) is 8.83. The summed E-state index contributed by atoms with van der Waals surface area (Å²) in [5.74, 6) is 1.32. The molecule has 0 aliphatic rings. The van der Waals surface area contributed by atoms with Crippen molar-refractivity contribution < 1.29 is 5.11 Å². The van der Waals surface area contributed by atoms with Crippen LogP contribution in [-0.2, 0) is 0 Å². The highest BCUT2D eigenvalue weighted by Gasteiger charge is 2.08. The van der Waals surface area contributed by atoms with Crippen LogP contribution in [0.1, 0.15) is 26.2 Å². The summed E-state index contributed by atoms with van der Waals surface area (Å²) >= 11 is 0. The van der Waals surface area contributed by atoms with Crippen molar-refractivity contribution in [3.05, 3.63) is 24.3 Å². The molecule has 1 heterocycles. The number of nitrogens with one attached hydrogen (secondary N) is 2. The second kappa shape index (κ2) is 6.40. The molecule has 18 heavy (non-hydrogen) atoms. The van der Waals surface area contributed by atoms with E-state index in [1.807, 2.05) is 24.3 Å². The Bertz CT molecular complexity index is 442. The SMILES string of the molecule is CCCC(CCO)CNc1nc2ccccc2[nH]1. The molecule has 0 saturated heterocycles. The summed E-state index contributed by atoms with van der Waals surface area (Å²) in [4.78, 5) is 7.73. The van der Waals surface area contributed by atoms with Gasteiger partial charge in [0.1, 0.15) is 0 Å². The molecule has 3 N–H and O–H groups in total. The fourth-order valence-electron chi connectivity index (χ4n) is 2.22. The zero-order valence-corrected chi connectivity index (χ0v) is 10.8. The topological polar surface area (TPSA) is 60.9 Å². The van der Waals surface area contributed by atoms with Gasteiger partial charge in [0.15, 0.2) is 0 Å². The summed E-state index contributed by atoms with van der Waals surface area (Å²) in [6.07, 6.45) is 3.13. The smallest absolute Gasteiger partial charge is 0.201 e. The van der Waals surface area contributed by atoms with Crippen molar-refractivity contribution in [1.82, 2.24) is 9.97 Å². The number of hydrogen-bond donors (Lipinski definition) is 3. The molecule has 98 valence electrons. The molecule has 0 saturated carbocycles. The Labute approximate surface area is 107 Å². The Hall–Kier alpha value is -1.55. The number of anilines is 1. The van der Waals surface area contributed by atoms with Crippen LogP contribution in [0.2, 0.25) is 0 Å². The lowest BCUT2D eigenvalue weighted by atomic mass is 10.0. The molecule has 4 heteroatoms. The molecule has 1 atom stereocenters. The third-order valence-corrected chi connectivity index (χ3v) is 3.18. The number of para-hydroxylation sites is 2. The minimum atomic E-state index is 0.256. The number of imidazole rings is 1. The summed E-state index contributed by atoms with van der Waals surface area (Å²) in [6.45, 7) is 3.28. The van der Waals surface area contributed by atoms with E-state index in [4.69, 9.17) is 5.11 Å². The highest BCUT2D eigenvalue weighted by molar-refractivity contribution is 5.77. The van der Waals surface area contributed by atoms with Crippen LogP contribution in [0.4, 0.5) is 5.95 Å². The van der Waals surface area contributed by atoms with Crippen LogP contribution in [0.3, 0.4) is 0 Å². The molecule has 1 aromatic heterocycles. The Morgan fingerprint density at radius 1 is 1.33 bits per heavy atom. The third kappa shape index (κ3) is 3.23. The average Bonchev–Trinajstić information content (AvgIpc) is 2.79. The zero-order valence-electron chi connectivity index (χ0n) is 10.8. The van der Waals surface area contributed by atoms with Crippen molar-refractivity contribution in [3.8, 4) is 0 Å². The molecule has 2 rings (SSSR count). The van der Waals surface area contributed by atoms with Crippen LogP contribution < -0.4 is 5.32 Å². The maximum Gasteiger partial charge on any atom is 0.201 e. The van der Waals surface area contributed by atoms with Crippen LogP contribution >= 0.6 is 0 Å². The van der Waals surface area contributed by atoms with Gasteiger partial charge in [-0.15, -0.1) is 0 Å². The first-order valence-electron chi connectivity index (χ1n) is 6.63. The van der Waals surface area contributed by atoms with Crippen molar-refractivity contribution in [3.63, 3.8) is 0 Å². The lowest BCUT2D eigenvalue weighted by Crippen LogP contribution is -2.16. The van der Waals surface area contributed by atoms with Gasteiger partial charge in [0.2, 0.25) is 5.95 Å². The van der Waals surface area contributed by atoms with Gasteiger partial charge in [-0.1, -0.05) is 25.5 Å². The molecule has 0 radical (unpaired) electrons. The van der Waals surface area contributed by atoms with Gasteiger partial charge < -0.3 is 15.4 Å². The Balaban J connectivity index is 1.95. The lowest BCUT2D eigenvalue weighted by Gasteiger charge is -2.14. The van der Waals surface area contributed by atoms with E-state index in [1.54, 1.807) is 0 Å². The van der Waals surface area contributed by atoms with Gasteiger partial charge in [0, 0.05) is 13.2 Å². The Kier molecular flexibility index (Phi) is 4.59. The predicted molar refractivity (Wildman–Crippen MR) is 74.7 cm³/mol.